The van der Waals surface area contributed by atoms with Gasteiger partial charge in [-0.3, -0.25) is 14.2 Å². The summed E-state index contributed by atoms with van der Waals surface area (Å²) in [5.41, 5.74) is 2.82. The van der Waals surface area contributed by atoms with Gasteiger partial charge in [0.1, 0.15) is 5.56 Å². The highest BCUT2D eigenvalue weighted by Gasteiger charge is 2.21. The summed E-state index contributed by atoms with van der Waals surface area (Å²) in [6, 6.07) is 18.3. The molecule has 3 heterocycles. The molecule has 0 aliphatic rings. The molecule has 0 aliphatic heterocycles. The van der Waals surface area contributed by atoms with Gasteiger partial charge < -0.3 is 5.32 Å². The zero-order valence-corrected chi connectivity index (χ0v) is 18.0. The predicted octanol–water partition coefficient (Wildman–Crippen LogP) is 4.17. The minimum Gasteiger partial charge on any atom is -0.344 e. The van der Waals surface area contributed by atoms with Gasteiger partial charge in [-0.15, -0.1) is 0 Å². The molecule has 0 saturated heterocycles. The van der Waals surface area contributed by atoms with Crippen LogP contribution in [-0.2, 0) is 0 Å². The normalized spacial score (nSPS) is 12.0. The smallest absolute Gasteiger partial charge is 0.263 e. The maximum Gasteiger partial charge on any atom is 0.263 e. The number of fused-ring (bicyclic) bond motifs is 2. The average molecular weight is 435 g/mol. The van der Waals surface area contributed by atoms with E-state index >= 15 is 0 Å². The molecule has 0 fully saturated rings. The van der Waals surface area contributed by atoms with Crippen LogP contribution in [0.4, 0.5) is 0 Å². The fourth-order valence-electron chi connectivity index (χ4n) is 4.08. The minimum absolute atomic E-state index is 0.164. The van der Waals surface area contributed by atoms with Crippen LogP contribution >= 0.6 is 0 Å². The number of para-hydroxylation sites is 1. The first-order valence-electron chi connectivity index (χ1n) is 10.5. The first-order chi connectivity index (χ1) is 16.1. The molecule has 0 radical (unpaired) electrons. The molecule has 3 aromatic heterocycles. The number of carbonyl (C=O) groups excluding carboxylic acids is 1. The minimum atomic E-state index is -0.471. The number of nitrogens with zero attached hydrogens (tertiary/aromatic N) is 4. The van der Waals surface area contributed by atoms with Crippen molar-refractivity contribution in [1.82, 2.24) is 24.5 Å². The lowest BCUT2D eigenvalue weighted by atomic mass is 10.0. The average Bonchev–Trinajstić information content (AvgIpc) is 3.28. The molecule has 0 saturated carbocycles. The molecule has 2 aromatic carbocycles. The largest absolute Gasteiger partial charge is 0.344 e. The molecular weight excluding hydrogens is 414 g/mol. The molecule has 7 heteroatoms. The van der Waals surface area contributed by atoms with E-state index in [0.717, 1.165) is 16.6 Å². The number of benzene rings is 2. The van der Waals surface area contributed by atoms with Gasteiger partial charge in [0.05, 0.1) is 17.6 Å². The van der Waals surface area contributed by atoms with E-state index in [4.69, 9.17) is 0 Å². The van der Waals surface area contributed by atoms with Gasteiger partial charge in [0.2, 0.25) is 0 Å². The van der Waals surface area contributed by atoms with Gasteiger partial charge >= 0.3 is 0 Å². The van der Waals surface area contributed by atoms with Crippen molar-refractivity contribution in [2.24, 2.45) is 0 Å². The number of rotatable bonds is 5. The molecule has 0 spiro atoms. The van der Waals surface area contributed by atoms with Crippen LogP contribution in [0.25, 0.3) is 28.2 Å². The fourth-order valence-corrected chi connectivity index (χ4v) is 4.08. The van der Waals surface area contributed by atoms with Crippen molar-refractivity contribution in [3.8, 4) is 5.69 Å². The molecular formula is C26H21N5O2. The van der Waals surface area contributed by atoms with Crippen LogP contribution in [0.1, 0.15) is 34.6 Å². The summed E-state index contributed by atoms with van der Waals surface area (Å²) >= 11 is 0. The summed E-state index contributed by atoms with van der Waals surface area (Å²) in [6.07, 6.45) is 6.52. The quantitative estimate of drug-likeness (QED) is 0.449. The van der Waals surface area contributed by atoms with E-state index in [0.29, 0.717) is 22.3 Å². The molecule has 1 amide bonds. The number of aromatic nitrogens is 4. The molecule has 5 rings (SSSR count). The van der Waals surface area contributed by atoms with Gasteiger partial charge in [-0.25, -0.2) is 9.50 Å². The standard InChI is InChI=1S/C26H21N5O2/c1-3-18-9-7-10-19-15-22(31(26(33)23(18)19)20-11-5-4-6-12-20)17(2)29-25(32)21-16-28-30-14-8-13-27-24(21)30/h3-17H,1H2,2H3,(H,29,32)/t17-/m0/s1. The third-order valence-electron chi connectivity index (χ3n) is 5.66. The molecule has 162 valence electrons. The lowest BCUT2D eigenvalue weighted by Gasteiger charge is -2.21. The predicted molar refractivity (Wildman–Crippen MR) is 129 cm³/mol. The van der Waals surface area contributed by atoms with Crippen molar-refractivity contribution >= 4 is 28.4 Å². The number of hydrogen-bond donors (Lipinski definition) is 1. The molecule has 0 aliphatic carbocycles. The van der Waals surface area contributed by atoms with E-state index in [-0.39, 0.29) is 11.5 Å². The summed E-state index contributed by atoms with van der Waals surface area (Å²) in [6.45, 7) is 5.71. The van der Waals surface area contributed by atoms with Gasteiger partial charge in [-0.2, -0.15) is 5.10 Å². The monoisotopic (exact) mass is 435 g/mol. The first kappa shape index (κ1) is 20.4. The zero-order chi connectivity index (χ0) is 22.9. The summed E-state index contributed by atoms with van der Waals surface area (Å²) in [7, 11) is 0. The lowest BCUT2D eigenvalue weighted by molar-refractivity contribution is 0.0940. The SMILES string of the molecule is C=Cc1cccc2cc([C@H](C)NC(=O)c3cnn4cccnc34)n(-c3ccccc3)c(=O)c12. The maximum atomic E-state index is 13.7. The van der Waals surface area contributed by atoms with Gasteiger partial charge in [0.15, 0.2) is 5.65 Å². The Morgan fingerprint density at radius 3 is 2.73 bits per heavy atom. The topological polar surface area (TPSA) is 81.3 Å². The Bertz CT molecular complexity index is 1570. The Morgan fingerprint density at radius 2 is 1.94 bits per heavy atom. The Hall–Kier alpha value is -4.52. The van der Waals surface area contributed by atoms with Gasteiger partial charge in [0, 0.05) is 23.8 Å². The Morgan fingerprint density at radius 1 is 1.12 bits per heavy atom. The Kier molecular flexibility index (Phi) is 5.06. The van der Waals surface area contributed by atoms with E-state index in [9.17, 15) is 9.59 Å². The van der Waals surface area contributed by atoms with Crippen molar-refractivity contribution in [3.05, 3.63) is 113 Å². The van der Waals surface area contributed by atoms with Crippen LogP contribution in [0.5, 0.6) is 0 Å². The molecule has 0 unspecified atom stereocenters. The molecule has 1 N–H and O–H groups in total. The molecule has 1 atom stereocenters. The highest BCUT2D eigenvalue weighted by molar-refractivity contribution is 5.99. The van der Waals surface area contributed by atoms with Crippen molar-refractivity contribution in [3.63, 3.8) is 0 Å². The summed E-state index contributed by atoms with van der Waals surface area (Å²) in [5.74, 6) is -0.316. The molecule has 7 nitrogen and oxygen atoms in total. The van der Waals surface area contributed by atoms with Crippen LogP contribution in [0.3, 0.4) is 0 Å². The van der Waals surface area contributed by atoms with Gasteiger partial charge in [-0.1, -0.05) is 49.1 Å². The fraction of sp³-hybridized carbons (Fsp3) is 0.0769. The van der Waals surface area contributed by atoms with Crippen molar-refractivity contribution < 1.29 is 4.79 Å². The van der Waals surface area contributed by atoms with E-state index < -0.39 is 6.04 Å². The van der Waals surface area contributed by atoms with Crippen LogP contribution in [-0.4, -0.2) is 25.1 Å². The second-order valence-electron chi connectivity index (χ2n) is 7.70. The maximum absolute atomic E-state index is 13.7. The highest BCUT2D eigenvalue weighted by atomic mass is 16.2. The number of pyridine rings is 1. The van der Waals surface area contributed by atoms with Crippen molar-refractivity contribution in [1.29, 1.82) is 0 Å². The first-order valence-corrected chi connectivity index (χ1v) is 10.5. The number of carbonyl (C=O) groups is 1. The summed E-state index contributed by atoms with van der Waals surface area (Å²) in [4.78, 5) is 31.1. The van der Waals surface area contributed by atoms with Crippen LogP contribution in [0.15, 0.2) is 90.6 Å². The van der Waals surface area contributed by atoms with E-state index in [1.165, 1.54) is 6.20 Å². The number of nitrogens with one attached hydrogen (secondary N) is 1. The third kappa shape index (κ3) is 3.49. The zero-order valence-electron chi connectivity index (χ0n) is 18.0. The Balaban J connectivity index is 1.64. The van der Waals surface area contributed by atoms with Crippen molar-refractivity contribution in [2.45, 2.75) is 13.0 Å². The summed E-state index contributed by atoms with van der Waals surface area (Å²) in [5, 5.41) is 8.58. The van der Waals surface area contributed by atoms with E-state index in [1.54, 1.807) is 33.6 Å². The van der Waals surface area contributed by atoms with Gasteiger partial charge in [-0.05, 0) is 42.1 Å². The third-order valence-corrected chi connectivity index (χ3v) is 5.66. The highest BCUT2D eigenvalue weighted by Crippen LogP contribution is 2.24. The molecule has 33 heavy (non-hydrogen) atoms. The molecule has 5 aromatic rings. The number of amides is 1. The number of hydrogen-bond acceptors (Lipinski definition) is 4. The second-order valence-corrected chi connectivity index (χ2v) is 7.70. The Labute approximate surface area is 189 Å². The van der Waals surface area contributed by atoms with Crippen LogP contribution in [0.2, 0.25) is 0 Å². The van der Waals surface area contributed by atoms with Crippen molar-refractivity contribution in [2.75, 3.05) is 0 Å². The second kappa shape index (κ2) is 8.20. The molecule has 0 bridgehead atoms. The lowest BCUT2D eigenvalue weighted by Crippen LogP contribution is -2.32. The van der Waals surface area contributed by atoms with Crippen LogP contribution < -0.4 is 10.9 Å². The summed E-state index contributed by atoms with van der Waals surface area (Å²) < 4.78 is 3.20. The van der Waals surface area contributed by atoms with Gasteiger partial charge in [0.25, 0.3) is 11.5 Å². The van der Waals surface area contributed by atoms with E-state index in [2.05, 4.69) is 22.0 Å². The van der Waals surface area contributed by atoms with Crippen LogP contribution in [0, 0.1) is 0 Å². The van der Waals surface area contributed by atoms with E-state index in [1.807, 2.05) is 61.5 Å².